The van der Waals surface area contributed by atoms with Gasteiger partial charge in [0.25, 0.3) is 0 Å². The molecule has 0 aromatic carbocycles. The zero-order valence-electron chi connectivity index (χ0n) is 21.7. The molecule has 0 aliphatic rings. The smallest absolute Gasteiger partial charge is 0.446 e. The van der Waals surface area contributed by atoms with E-state index in [4.69, 9.17) is 13.3 Å². The predicted octanol–water partition coefficient (Wildman–Crippen LogP) is 5.07. The molecule has 0 saturated heterocycles. The first-order valence-electron chi connectivity index (χ1n) is 11.2. The van der Waals surface area contributed by atoms with Crippen molar-refractivity contribution in [1.82, 2.24) is 0 Å². The summed E-state index contributed by atoms with van der Waals surface area (Å²) in [5, 5.41) is 0. The lowest BCUT2D eigenvalue weighted by Crippen LogP contribution is -2.73. The zero-order chi connectivity index (χ0) is 33.2. The minimum absolute atomic E-state index is 0.0543. The molecule has 0 bridgehead atoms. The highest BCUT2D eigenvalue weighted by atomic mass is 28.4. The Balaban J connectivity index is 0. The number of ether oxygens (including phenoxy) is 1. The molecule has 0 atom stereocenters. The van der Waals surface area contributed by atoms with Gasteiger partial charge in [-0.2, -0.15) is 65.9 Å². The van der Waals surface area contributed by atoms with Gasteiger partial charge in [0.05, 0.1) is 0 Å². The topological polar surface area (TPSA) is 46.2 Å². The Labute approximate surface area is 230 Å². The van der Waals surface area contributed by atoms with Crippen molar-refractivity contribution in [2.24, 2.45) is 0 Å². The molecule has 0 N–H and O–H groups in total. The summed E-state index contributed by atoms with van der Waals surface area (Å²) < 4.78 is 232. The summed E-state index contributed by atoms with van der Waals surface area (Å²) in [6.07, 6.45) is -8.02. The lowest BCUT2D eigenvalue weighted by molar-refractivity contribution is -0.453. The van der Waals surface area contributed by atoms with E-state index in [0.717, 1.165) is 0 Å². The van der Waals surface area contributed by atoms with Crippen LogP contribution in [-0.2, 0) is 22.1 Å². The van der Waals surface area contributed by atoms with Crippen molar-refractivity contribution in [1.29, 1.82) is 0 Å². The van der Waals surface area contributed by atoms with Crippen molar-refractivity contribution >= 4 is 29.4 Å². The normalized spacial score (nSPS) is 15.0. The number of halogens is 16. The van der Waals surface area contributed by atoms with Gasteiger partial charge in [0.1, 0.15) is 17.1 Å². The molecule has 0 unspecified atom stereocenters. The molecule has 24 heteroatoms. The summed E-state index contributed by atoms with van der Waals surface area (Å²) in [6.45, 7) is 0.947. The molecule has 0 aliphatic carbocycles. The average Bonchev–Trinajstić information content (AvgIpc) is 2.83. The maximum Gasteiger partial charge on any atom is 0.501 e. The molecular formula is C17H28F16O5Si3. The third kappa shape index (κ3) is 9.41. The van der Waals surface area contributed by atoms with Crippen LogP contribution in [0.3, 0.4) is 0 Å². The molecule has 5 nitrogen and oxygen atoms in total. The molecule has 0 saturated carbocycles. The molecule has 0 spiro atoms. The van der Waals surface area contributed by atoms with Gasteiger partial charge in [-0.25, -0.2) is 0 Å². The summed E-state index contributed by atoms with van der Waals surface area (Å²) in [5.74, 6) is -46.7. The van der Waals surface area contributed by atoms with Crippen molar-refractivity contribution in [2.45, 2.75) is 74.9 Å². The highest BCUT2D eigenvalue weighted by molar-refractivity contribution is 6.60. The van der Waals surface area contributed by atoms with E-state index in [9.17, 15) is 70.0 Å². The summed E-state index contributed by atoms with van der Waals surface area (Å²) in [5.41, 5.74) is 0. The van der Waals surface area contributed by atoms with Crippen LogP contribution in [0.15, 0.2) is 0 Å². The van der Waals surface area contributed by atoms with Gasteiger partial charge in [0, 0.05) is 32.5 Å². The van der Waals surface area contributed by atoms with Gasteiger partial charge < -0.3 is 22.1 Å². The molecule has 0 aromatic heterocycles. The zero-order valence-corrected chi connectivity index (χ0v) is 26.2. The first kappa shape index (κ1) is 42.5. The number of rotatable bonds is 18. The molecule has 0 aliphatic heterocycles. The van der Waals surface area contributed by atoms with Crippen molar-refractivity contribution in [3.8, 4) is 0 Å². The Morgan fingerprint density at radius 1 is 0.610 bits per heavy atom. The second-order valence-electron chi connectivity index (χ2n) is 7.61. The first-order chi connectivity index (χ1) is 18.3. The molecule has 250 valence electrons. The van der Waals surface area contributed by atoms with Gasteiger partial charge in [-0.05, 0) is 27.2 Å². The lowest BCUT2D eigenvalue weighted by Gasteiger charge is -2.41. The Morgan fingerprint density at radius 2 is 0.951 bits per heavy atom. The van der Waals surface area contributed by atoms with E-state index < -0.39 is 73.8 Å². The highest BCUT2D eigenvalue weighted by Gasteiger charge is 2.93. The largest absolute Gasteiger partial charge is 0.501 e. The Morgan fingerprint density at radius 3 is 1.27 bits per heavy atom. The van der Waals surface area contributed by atoms with E-state index in [2.05, 4.69) is 8.85 Å². The van der Waals surface area contributed by atoms with Gasteiger partial charge >= 0.3 is 60.6 Å². The molecule has 0 amide bonds. The average molecular weight is 701 g/mol. The predicted molar refractivity (Wildman–Crippen MR) is 117 cm³/mol. The molecule has 0 radical (unpaired) electrons. The van der Waals surface area contributed by atoms with E-state index >= 15 is 0 Å². The van der Waals surface area contributed by atoms with Crippen LogP contribution in [0.25, 0.3) is 0 Å². The standard InChI is InChI=1S/C17H23F15O4Si.FH5OSi2/c1-4-34-37(35-5-2,36-6-3)9-7-8-33-10-11(18,19)12(20,21)13(22,23)14(24,25)15(26,27)16(28,29)17(30,31)32;1-4-2-3/h4-10H2,1-3H3;4H2,3H3. The maximum atomic E-state index is 13.8. The van der Waals surface area contributed by atoms with E-state index in [1.165, 1.54) is 20.8 Å². The van der Waals surface area contributed by atoms with Gasteiger partial charge in [0.15, 0.2) is 0 Å². The fourth-order valence-corrected chi connectivity index (χ4v) is 5.26. The van der Waals surface area contributed by atoms with Gasteiger partial charge in [-0.15, -0.1) is 0 Å². The lowest BCUT2D eigenvalue weighted by atomic mass is 9.91. The van der Waals surface area contributed by atoms with Crippen molar-refractivity contribution in [2.75, 3.05) is 33.0 Å². The Bertz CT molecular complexity index is 739. The SMILES string of the molecule is CCO[Si](CCCOCC(F)(F)C(F)(F)C(F)(F)C(F)(F)C(F)(F)C(F)(F)C(F)(F)F)(OCC)OCC.F[SiH2]O[SiH3]. The third-order valence-corrected chi connectivity index (χ3v) is 8.67. The second-order valence-corrected chi connectivity index (χ2v) is 12.9. The monoisotopic (exact) mass is 700 g/mol. The van der Waals surface area contributed by atoms with Crippen LogP contribution < -0.4 is 0 Å². The van der Waals surface area contributed by atoms with Crippen LogP contribution >= 0.6 is 0 Å². The van der Waals surface area contributed by atoms with Gasteiger partial charge in [0.2, 0.25) is 0 Å². The molecule has 0 heterocycles. The fraction of sp³-hybridized carbons (Fsp3) is 1.00. The summed E-state index contributed by atoms with van der Waals surface area (Å²) in [7, 11) is -4.36. The Hall–Kier alpha value is -0.669. The van der Waals surface area contributed by atoms with Gasteiger partial charge in [-0.3, -0.25) is 4.11 Å². The van der Waals surface area contributed by atoms with Crippen molar-refractivity contribution in [3.63, 3.8) is 0 Å². The van der Waals surface area contributed by atoms with Crippen LogP contribution in [0, 0.1) is 0 Å². The first-order valence-corrected chi connectivity index (χ1v) is 15.0. The quantitative estimate of drug-likeness (QED) is 0.0866. The van der Waals surface area contributed by atoms with E-state index in [1.54, 1.807) is 0 Å². The molecular weight excluding hydrogens is 672 g/mol. The van der Waals surface area contributed by atoms with Crippen molar-refractivity contribution < 1.29 is 92.1 Å². The number of hydrogen-bond donors (Lipinski definition) is 0. The van der Waals surface area contributed by atoms with Crippen molar-refractivity contribution in [3.05, 3.63) is 0 Å². The molecule has 41 heavy (non-hydrogen) atoms. The molecule has 0 fully saturated rings. The van der Waals surface area contributed by atoms with Crippen LogP contribution in [-0.4, -0.2) is 104 Å². The minimum atomic E-state index is -8.32. The molecule has 0 rings (SSSR count). The van der Waals surface area contributed by atoms with E-state index in [1.807, 2.05) is 0 Å². The highest BCUT2D eigenvalue weighted by Crippen LogP contribution is 2.62. The van der Waals surface area contributed by atoms with E-state index in [-0.39, 0.29) is 32.3 Å². The van der Waals surface area contributed by atoms with Crippen LogP contribution in [0.5, 0.6) is 0 Å². The number of hydrogen-bond acceptors (Lipinski definition) is 5. The van der Waals surface area contributed by atoms with Gasteiger partial charge in [-0.1, -0.05) is 0 Å². The second kappa shape index (κ2) is 15.9. The third-order valence-electron chi connectivity index (χ3n) is 4.65. The summed E-state index contributed by atoms with van der Waals surface area (Å²) in [6, 6.07) is -0.197. The van der Waals surface area contributed by atoms with E-state index in [0.29, 0.717) is 10.5 Å². The Kier molecular flexibility index (Phi) is 16.4. The van der Waals surface area contributed by atoms with Crippen LogP contribution in [0.4, 0.5) is 70.0 Å². The van der Waals surface area contributed by atoms with Crippen LogP contribution in [0.2, 0.25) is 6.04 Å². The molecule has 0 aromatic rings. The fourth-order valence-electron chi connectivity index (χ4n) is 2.68. The van der Waals surface area contributed by atoms with Crippen LogP contribution in [0.1, 0.15) is 27.2 Å². The minimum Gasteiger partial charge on any atom is -0.446 e. The maximum absolute atomic E-state index is 13.8. The summed E-state index contributed by atoms with van der Waals surface area (Å²) in [4.78, 5) is 0. The number of alkyl halides is 15. The summed E-state index contributed by atoms with van der Waals surface area (Å²) >= 11 is 0.